The zero-order valence-corrected chi connectivity index (χ0v) is 14.2. The molecule has 0 unspecified atom stereocenters. The zero-order valence-electron chi connectivity index (χ0n) is 13.4. The number of hydrogen-bond acceptors (Lipinski definition) is 4. The van der Waals surface area contributed by atoms with Gasteiger partial charge in [0.15, 0.2) is 5.75 Å². The molecule has 1 aromatic carbocycles. The Labute approximate surface area is 141 Å². The van der Waals surface area contributed by atoms with Gasteiger partial charge in [0, 0.05) is 6.54 Å². The van der Waals surface area contributed by atoms with Crippen LogP contribution in [0.1, 0.15) is 20.3 Å². The van der Waals surface area contributed by atoms with Crippen LogP contribution in [-0.4, -0.2) is 54.5 Å². The topological polar surface area (TPSA) is 71.0 Å². The number of nitrogens with zero attached hydrogens (tertiary/aromatic N) is 1. The van der Waals surface area contributed by atoms with E-state index in [1.807, 2.05) is 13.8 Å². The average Bonchev–Trinajstić information content (AvgIpc) is 2.94. The lowest BCUT2D eigenvalue weighted by Gasteiger charge is -2.29. The second-order valence-corrected chi connectivity index (χ2v) is 5.76. The number of amides is 2. The third kappa shape index (κ3) is 4.28. The molecule has 0 saturated carbocycles. The predicted molar refractivity (Wildman–Crippen MR) is 89.3 cm³/mol. The van der Waals surface area contributed by atoms with Gasteiger partial charge in [-0.3, -0.25) is 0 Å². The molecule has 1 aliphatic heterocycles. The third-order valence-corrected chi connectivity index (χ3v) is 3.98. The van der Waals surface area contributed by atoms with Crippen LogP contribution in [0.3, 0.4) is 0 Å². The highest BCUT2D eigenvalue weighted by Crippen LogP contribution is 2.33. The second kappa shape index (κ2) is 8.38. The Morgan fingerprint density at radius 2 is 2.26 bits per heavy atom. The van der Waals surface area contributed by atoms with Crippen LogP contribution in [0.25, 0.3) is 0 Å². The minimum Gasteiger partial charge on any atom is -0.490 e. The van der Waals surface area contributed by atoms with Crippen molar-refractivity contribution in [2.45, 2.75) is 32.4 Å². The molecule has 6 nitrogen and oxygen atoms in total. The van der Waals surface area contributed by atoms with Crippen molar-refractivity contribution in [1.29, 1.82) is 0 Å². The standard InChI is InChI=1S/C16H23ClN2O4/c1-3-8-23-15-11(17)6-5-7-12(15)18-16(21)19(4-2)13-9-22-10-14(13)20/h5-7,13-14,20H,3-4,8-10H2,1-2H3,(H,18,21)/t13-,14-/m1/s1. The summed E-state index contributed by atoms with van der Waals surface area (Å²) in [5.41, 5.74) is 0.516. The fourth-order valence-corrected chi connectivity index (χ4v) is 2.73. The number of aliphatic hydroxyl groups excluding tert-OH is 1. The highest BCUT2D eigenvalue weighted by molar-refractivity contribution is 6.32. The molecule has 7 heteroatoms. The maximum absolute atomic E-state index is 12.6. The second-order valence-electron chi connectivity index (χ2n) is 5.35. The van der Waals surface area contributed by atoms with Gasteiger partial charge in [0.2, 0.25) is 0 Å². The van der Waals surface area contributed by atoms with E-state index in [0.717, 1.165) is 6.42 Å². The Bertz CT molecular complexity index is 541. The maximum Gasteiger partial charge on any atom is 0.322 e. The number of benzene rings is 1. The fourth-order valence-electron chi connectivity index (χ4n) is 2.50. The quantitative estimate of drug-likeness (QED) is 0.834. The van der Waals surface area contributed by atoms with Gasteiger partial charge < -0.3 is 24.8 Å². The van der Waals surface area contributed by atoms with Crippen LogP contribution < -0.4 is 10.1 Å². The highest BCUT2D eigenvalue weighted by atomic mass is 35.5. The van der Waals surface area contributed by atoms with E-state index in [0.29, 0.717) is 36.2 Å². The largest absolute Gasteiger partial charge is 0.490 e. The lowest BCUT2D eigenvalue weighted by atomic mass is 10.2. The Morgan fingerprint density at radius 1 is 1.48 bits per heavy atom. The highest BCUT2D eigenvalue weighted by Gasteiger charge is 2.34. The number of aliphatic hydroxyl groups is 1. The molecular weight excluding hydrogens is 320 g/mol. The van der Waals surface area contributed by atoms with Gasteiger partial charge in [-0.2, -0.15) is 0 Å². The number of carbonyl (C=O) groups excluding carboxylic acids is 1. The molecule has 0 bridgehead atoms. The minimum absolute atomic E-state index is 0.247. The molecule has 1 fully saturated rings. The maximum atomic E-state index is 12.6. The molecule has 1 heterocycles. The van der Waals surface area contributed by atoms with Crippen LogP contribution in [0.4, 0.5) is 10.5 Å². The first-order valence-corrected chi connectivity index (χ1v) is 8.21. The van der Waals surface area contributed by atoms with Crippen molar-refractivity contribution in [3.63, 3.8) is 0 Å². The van der Waals surface area contributed by atoms with Gasteiger partial charge in [-0.25, -0.2) is 4.79 Å². The normalized spacial score (nSPS) is 20.3. The summed E-state index contributed by atoms with van der Waals surface area (Å²) >= 11 is 6.16. The fraction of sp³-hybridized carbons (Fsp3) is 0.562. The van der Waals surface area contributed by atoms with Crippen LogP contribution >= 0.6 is 11.6 Å². The number of urea groups is 1. The molecule has 2 N–H and O–H groups in total. The van der Waals surface area contributed by atoms with Crippen molar-refractivity contribution in [1.82, 2.24) is 4.90 Å². The number of carbonyl (C=O) groups is 1. The van der Waals surface area contributed by atoms with Gasteiger partial charge in [-0.15, -0.1) is 0 Å². The number of ether oxygens (including phenoxy) is 2. The summed E-state index contributed by atoms with van der Waals surface area (Å²) in [6, 6.07) is 4.55. The summed E-state index contributed by atoms with van der Waals surface area (Å²) in [5, 5.41) is 13.2. The van der Waals surface area contributed by atoms with E-state index < -0.39 is 6.10 Å². The molecule has 0 spiro atoms. The summed E-state index contributed by atoms with van der Waals surface area (Å²) in [4.78, 5) is 14.1. The summed E-state index contributed by atoms with van der Waals surface area (Å²) in [6.45, 7) is 5.40. The number of rotatable bonds is 6. The summed E-state index contributed by atoms with van der Waals surface area (Å²) < 4.78 is 10.9. The molecule has 2 atom stereocenters. The van der Waals surface area contributed by atoms with E-state index in [2.05, 4.69) is 5.32 Å². The van der Waals surface area contributed by atoms with E-state index >= 15 is 0 Å². The van der Waals surface area contributed by atoms with Gasteiger partial charge in [0.1, 0.15) is 0 Å². The van der Waals surface area contributed by atoms with Crippen molar-refractivity contribution < 1.29 is 19.4 Å². The smallest absolute Gasteiger partial charge is 0.322 e. The zero-order chi connectivity index (χ0) is 16.8. The molecule has 2 rings (SSSR count). The molecular formula is C16H23ClN2O4. The number of para-hydroxylation sites is 1. The Kier molecular flexibility index (Phi) is 6.50. The summed E-state index contributed by atoms with van der Waals surface area (Å²) in [5.74, 6) is 0.462. The monoisotopic (exact) mass is 342 g/mol. The first-order chi connectivity index (χ1) is 11.1. The van der Waals surface area contributed by atoms with Crippen LogP contribution in [0, 0.1) is 0 Å². The lowest BCUT2D eigenvalue weighted by molar-refractivity contribution is 0.1000. The molecule has 0 aromatic heterocycles. The Balaban J connectivity index is 2.13. The summed E-state index contributed by atoms with van der Waals surface area (Å²) in [7, 11) is 0. The minimum atomic E-state index is -0.670. The van der Waals surface area contributed by atoms with Crippen LogP contribution in [0.15, 0.2) is 18.2 Å². The van der Waals surface area contributed by atoms with Crippen molar-refractivity contribution in [2.75, 3.05) is 31.7 Å². The average molecular weight is 343 g/mol. The van der Waals surface area contributed by atoms with Crippen LogP contribution in [0.2, 0.25) is 5.02 Å². The first-order valence-electron chi connectivity index (χ1n) is 7.83. The molecule has 1 aromatic rings. The molecule has 0 aliphatic carbocycles. The molecule has 23 heavy (non-hydrogen) atoms. The van der Waals surface area contributed by atoms with E-state index in [9.17, 15) is 9.90 Å². The predicted octanol–water partition coefficient (Wildman–Crippen LogP) is 2.74. The van der Waals surface area contributed by atoms with Crippen LogP contribution in [-0.2, 0) is 4.74 Å². The Hall–Kier alpha value is -1.50. The SMILES string of the molecule is CCCOc1c(Cl)cccc1NC(=O)N(CC)[C@@H]1COC[C@H]1O. The number of halogens is 1. The van der Waals surface area contributed by atoms with E-state index in [-0.39, 0.29) is 18.7 Å². The third-order valence-electron chi connectivity index (χ3n) is 3.68. The van der Waals surface area contributed by atoms with Crippen LogP contribution in [0.5, 0.6) is 5.75 Å². The van der Waals surface area contributed by atoms with Crippen molar-refractivity contribution in [2.24, 2.45) is 0 Å². The molecule has 1 saturated heterocycles. The number of anilines is 1. The number of likely N-dealkylation sites (N-methyl/N-ethyl adjacent to an activating group) is 1. The van der Waals surface area contributed by atoms with Crippen molar-refractivity contribution in [3.05, 3.63) is 23.2 Å². The van der Waals surface area contributed by atoms with Gasteiger partial charge in [-0.1, -0.05) is 24.6 Å². The van der Waals surface area contributed by atoms with E-state index in [4.69, 9.17) is 21.1 Å². The number of hydrogen-bond donors (Lipinski definition) is 2. The number of nitrogens with one attached hydrogen (secondary N) is 1. The Morgan fingerprint density at radius 3 is 2.87 bits per heavy atom. The molecule has 2 amide bonds. The van der Waals surface area contributed by atoms with Crippen molar-refractivity contribution >= 4 is 23.3 Å². The van der Waals surface area contributed by atoms with Gasteiger partial charge >= 0.3 is 6.03 Å². The molecule has 0 radical (unpaired) electrons. The summed E-state index contributed by atoms with van der Waals surface area (Å²) in [6.07, 6.45) is 0.168. The van der Waals surface area contributed by atoms with Gasteiger partial charge in [0.25, 0.3) is 0 Å². The van der Waals surface area contributed by atoms with Crippen molar-refractivity contribution in [3.8, 4) is 5.75 Å². The van der Waals surface area contributed by atoms with E-state index in [1.165, 1.54) is 0 Å². The van der Waals surface area contributed by atoms with Gasteiger partial charge in [0.05, 0.1) is 42.7 Å². The van der Waals surface area contributed by atoms with E-state index in [1.54, 1.807) is 23.1 Å². The molecule has 128 valence electrons. The van der Waals surface area contributed by atoms with Gasteiger partial charge in [-0.05, 0) is 25.5 Å². The lowest BCUT2D eigenvalue weighted by Crippen LogP contribution is -2.48. The first kappa shape index (κ1) is 17.8. The molecule has 1 aliphatic rings.